The van der Waals surface area contributed by atoms with Crippen LogP contribution in [0.1, 0.15) is 15.6 Å². The molecule has 3 nitrogen and oxygen atoms in total. The Hall–Kier alpha value is -0.300. The third-order valence-corrected chi connectivity index (χ3v) is 4.18. The van der Waals surface area contributed by atoms with Crippen LogP contribution in [0.15, 0.2) is 27.4 Å². The summed E-state index contributed by atoms with van der Waals surface area (Å²) < 4.78 is 1.99. The van der Waals surface area contributed by atoms with Gasteiger partial charge in [0.2, 0.25) is 0 Å². The lowest BCUT2D eigenvalue weighted by molar-refractivity contribution is 0.683. The highest BCUT2D eigenvalue weighted by Gasteiger charge is 2.03. The van der Waals surface area contributed by atoms with Crippen molar-refractivity contribution in [3.63, 3.8) is 0 Å². The molecule has 2 rings (SSSR count). The van der Waals surface area contributed by atoms with Gasteiger partial charge in [0.05, 0.1) is 10.7 Å². The summed E-state index contributed by atoms with van der Waals surface area (Å²) in [5.74, 6) is 0. The van der Waals surface area contributed by atoms with E-state index in [0.29, 0.717) is 0 Å². The molecular weight excluding hydrogens is 366 g/mol. The number of pyridine rings is 1. The maximum atomic E-state index is 4.35. The number of thiazole rings is 1. The van der Waals surface area contributed by atoms with Crippen molar-refractivity contribution < 1.29 is 0 Å². The highest BCUT2D eigenvalue weighted by molar-refractivity contribution is 9.11. The zero-order valence-electron chi connectivity index (χ0n) is 9.20. The lowest BCUT2D eigenvalue weighted by Gasteiger charge is -2.05. The normalized spacial score (nSPS) is 10.8. The Kier molecular flexibility index (Phi) is 4.67. The molecule has 0 amide bonds. The minimum absolute atomic E-state index is 0.741. The minimum atomic E-state index is 0.741. The van der Waals surface area contributed by atoms with Crippen molar-refractivity contribution in [2.75, 3.05) is 0 Å². The largest absolute Gasteiger partial charge is 0.306 e. The van der Waals surface area contributed by atoms with Gasteiger partial charge in [0.15, 0.2) is 0 Å². The van der Waals surface area contributed by atoms with Crippen LogP contribution in [-0.4, -0.2) is 9.97 Å². The molecule has 2 aromatic rings. The molecule has 0 fully saturated rings. The number of nitrogens with one attached hydrogen (secondary N) is 1. The van der Waals surface area contributed by atoms with Gasteiger partial charge in [0, 0.05) is 39.3 Å². The van der Waals surface area contributed by atoms with Gasteiger partial charge >= 0.3 is 0 Å². The van der Waals surface area contributed by atoms with Crippen molar-refractivity contribution in [1.82, 2.24) is 15.3 Å². The Balaban J connectivity index is 1.90. The molecule has 0 aliphatic heterocycles. The Morgan fingerprint density at radius 2 is 2.06 bits per heavy atom. The summed E-state index contributed by atoms with van der Waals surface area (Å²) in [5, 5.41) is 4.46. The molecule has 0 saturated heterocycles. The smallest absolute Gasteiger partial charge is 0.0897 e. The number of aromatic nitrogens is 2. The molecule has 0 atom stereocenters. The predicted octanol–water partition coefficient (Wildman–Crippen LogP) is 3.66. The van der Waals surface area contributed by atoms with Crippen LogP contribution in [0.25, 0.3) is 0 Å². The first kappa shape index (κ1) is 13.1. The van der Waals surface area contributed by atoms with E-state index in [9.17, 15) is 0 Å². The van der Waals surface area contributed by atoms with Gasteiger partial charge in [-0.1, -0.05) is 0 Å². The lowest BCUT2D eigenvalue weighted by atomic mass is 10.3. The summed E-state index contributed by atoms with van der Waals surface area (Å²) in [6.45, 7) is 3.58. The van der Waals surface area contributed by atoms with Crippen LogP contribution in [0.2, 0.25) is 0 Å². The van der Waals surface area contributed by atoms with E-state index in [1.807, 2.05) is 19.2 Å². The fourth-order valence-corrected chi connectivity index (χ4v) is 3.26. The fraction of sp³-hybridized carbons (Fsp3) is 0.273. The van der Waals surface area contributed by atoms with Gasteiger partial charge in [-0.25, -0.2) is 4.98 Å². The Morgan fingerprint density at radius 1 is 1.24 bits per heavy atom. The van der Waals surface area contributed by atoms with E-state index in [-0.39, 0.29) is 0 Å². The van der Waals surface area contributed by atoms with Gasteiger partial charge < -0.3 is 5.32 Å². The van der Waals surface area contributed by atoms with Crippen LogP contribution < -0.4 is 5.32 Å². The molecule has 0 spiro atoms. The van der Waals surface area contributed by atoms with E-state index in [0.717, 1.165) is 32.7 Å². The van der Waals surface area contributed by atoms with Crippen LogP contribution in [0.4, 0.5) is 0 Å². The van der Waals surface area contributed by atoms with E-state index in [2.05, 4.69) is 47.1 Å². The van der Waals surface area contributed by atoms with Crippen molar-refractivity contribution >= 4 is 43.2 Å². The second-order valence-corrected chi connectivity index (χ2v) is 6.62. The number of hydrogen-bond donors (Lipinski definition) is 1. The minimum Gasteiger partial charge on any atom is -0.306 e. The van der Waals surface area contributed by atoms with Crippen molar-refractivity contribution in [2.45, 2.75) is 20.0 Å². The van der Waals surface area contributed by atoms with Gasteiger partial charge in [-0.15, -0.1) is 11.3 Å². The summed E-state index contributed by atoms with van der Waals surface area (Å²) in [7, 11) is 0. The monoisotopic (exact) mass is 375 g/mol. The quantitative estimate of drug-likeness (QED) is 0.884. The fourth-order valence-electron chi connectivity index (χ4n) is 1.36. The summed E-state index contributed by atoms with van der Waals surface area (Å²) in [6.07, 6.45) is 3.72. The zero-order chi connectivity index (χ0) is 12.3. The molecule has 90 valence electrons. The maximum Gasteiger partial charge on any atom is 0.0897 e. The lowest BCUT2D eigenvalue weighted by Crippen LogP contribution is -2.13. The Morgan fingerprint density at radius 3 is 2.71 bits per heavy atom. The Labute approximate surface area is 121 Å². The number of halogens is 2. The highest BCUT2D eigenvalue weighted by Crippen LogP contribution is 2.19. The molecule has 17 heavy (non-hydrogen) atoms. The first-order valence-electron chi connectivity index (χ1n) is 5.07. The second kappa shape index (κ2) is 6.04. The number of rotatable bonds is 4. The van der Waals surface area contributed by atoms with E-state index < -0.39 is 0 Å². The third kappa shape index (κ3) is 3.84. The van der Waals surface area contributed by atoms with Crippen LogP contribution >= 0.6 is 43.2 Å². The van der Waals surface area contributed by atoms with E-state index in [1.165, 1.54) is 4.88 Å². The van der Waals surface area contributed by atoms with Gasteiger partial charge in [-0.05, 0) is 44.8 Å². The molecule has 0 bridgehead atoms. The predicted molar refractivity (Wildman–Crippen MR) is 77.0 cm³/mol. The summed E-state index contributed by atoms with van der Waals surface area (Å²) >= 11 is 8.60. The summed E-state index contributed by atoms with van der Waals surface area (Å²) in [5.41, 5.74) is 1.01. The first-order valence-corrected chi connectivity index (χ1v) is 7.47. The van der Waals surface area contributed by atoms with E-state index in [1.54, 1.807) is 17.5 Å². The molecule has 1 N–H and O–H groups in total. The van der Waals surface area contributed by atoms with Crippen molar-refractivity contribution in [3.05, 3.63) is 43.0 Å². The number of nitrogens with zero attached hydrogens (tertiary/aromatic N) is 2. The topological polar surface area (TPSA) is 37.8 Å². The van der Waals surface area contributed by atoms with Crippen LogP contribution in [-0.2, 0) is 13.1 Å². The Bertz CT molecular complexity index is 513. The van der Waals surface area contributed by atoms with Crippen LogP contribution in [0, 0.1) is 6.92 Å². The summed E-state index contributed by atoms with van der Waals surface area (Å²) in [6, 6.07) is 2.00. The standard InChI is InChI=1S/C11H11Br2N3S/c1-7-15-5-9(17-7)4-14-6-11-10(13)2-8(12)3-16-11/h2-3,5,14H,4,6H2,1H3. The molecule has 0 aromatic carbocycles. The number of aryl methyl sites for hydroxylation is 1. The third-order valence-electron chi connectivity index (χ3n) is 2.14. The SMILES string of the molecule is Cc1ncc(CNCc2ncc(Br)cc2Br)s1. The van der Waals surface area contributed by atoms with Crippen LogP contribution in [0.5, 0.6) is 0 Å². The second-order valence-electron chi connectivity index (χ2n) is 3.53. The van der Waals surface area contributed by atoms with Crippen molar-refractivity contribution in [3.8, 4) is 0 Å². The maximum absolute atomic E-state index is 4.35. The van der Waals surface area contributed by atoms with E-state index >= 15 is 0 Å². The molecule has 0 aliphatic rings. The van der Waals surface area contributed by atoms with Crippen molar-refractivity contribution in [2.24, 2.45) is 0 Å². The molecular formula is C11H11Br2N3S. The van der Waals surface area contributed by atoms with Gasteiger partial charge in [-0.3, -0.25) is 4.98 Å². The van der Waals surface area contributed by atoms with Gasteiger partial charge in [0.25, 0.3) is 0 Å². The van der Waals surface area contributed by atoms with Gasteiger partial charge in [-0.2, -0.15) is 0 Å². The average Bonchev–Trinajstić information content (AvgIpc) is 2.68. The summed E-state index contributed by atoms with van der Waals surface area (Å²) in [4.78, 5) is 9.81. The molecule has 2 heterocycles. The van der Waals surface area contributed by atoms with E-state index in [4.69, 9.17) is 0 Å². The molecule has 0 aliphatic carbocycles. The number of hydrogen-bond acceptors (Lipinski definition) is 4. The van der Waals surface area contributed by atoms with Crippen molar-refractivity contribution in [1.29, 1.82) is 0 Å². The highest BCUT2D eigenvalue weighted by atomic mass is 79.9. The molecule has 6 heteroatoms. The zero-order valence-corrected chi connectivity index (χ0v) is 13.2. The average molecular weight is 377 g/mol. The molecule has 0 radical (unpaired) electrons. The molecule has 2 aromatic heterocycles. The first-order chi connectivity index (χ1) is 8.15. The molecule has 0 saturated carbocycles. The molecule has 0 unspecified atom stereocenters. The van der Waals surface area contributed by atoms with Gasteiger partial charge in [0.1, 0.15) is 0 Å². The van der Waals surface area contributed by atoms with Crippen LogP contribution in [0.3, 0.4) is 0 Å².